The van der Waals surface area contributed by atoms with Gasteiger partial charge in [0.1, 0.15) is 0 Å². The standard InChI is InChI=1S/C25H29N3O3/c1-18(16-25(30)26-31)20-6-8-22-21(17-20)7-9-24(22)28(14-15-29)13-12-27-11-10-19-4-2-3-5-23(19)27/h2-6,8,10-11,16-17,24,29,31H,7,9,12-15H2,1H3,(H,26,30). The maximum Gasteiger partial charge on any atom is 0.267 e. The second kappa shape index (κ2) is 9.47. The van der Waals surface area contributed by atoms with Gasteiger partial charge in [0.25, 0.3) is 5.91 Å². The molecule has 0 fully saturated rings. The molecule has 1 atom stereocenters. The van der Waals surface area contributed by atoms with Gasteiger partial charge in [-0.05, 0) is 59.5 Å². The van der Waals surface area contributed by atoms with Gasteiger partial charge in [-0.1, -0.05) is 36.4 Å². The van der Waals surface area contributed by atoms with Crippen LogP contribution in [0.2, 0.25) is 0 Å². The summed E-state index contributed by atoms with van der Waals surface area (Å²) in [7, 11) is 0. The topological polar surface area (TPSA) is 77.7 Å². The van der Waals surface area contributed by atoms with E-state index in [1.807, 2.05) is 13.0 Å². The Hall–Kier alpha value is -2.93. The van der Waals surface area contributed by atoms with Crippen LogP contribution in [0.3, 0.4) is 0 Å². The predicted molar refractivity (Wildman–Crippen MR) is 122 cm³/mol. The highest BCUT2D eigenvalue weighted by Crippen LogP contribution is 2.37. The van der Waals surface area contributed by atoms with Crippen molar-refractivity contribution in [1.82, 2.24) is 14.9 Å². The van der Waals surface area contributed by atoms with Crippen molar-refractivity contribution in [2.24, 2.45) is 0 Å². The molecule has 162 valence electrons. The Morgan fingerprint density at radius 1 is 1.23 bits per heavy atom. The molecule has 3 N–H and O–H groups in total. The minimum Gasteiger partial charge on any atom is -0.395 e. The minimum atomic E-state index is -0.525. The van der Waals surface area contributed by atoms with Crippen molar-refractivity contribution in [3.8, 4) is 0 Å². The Morgan fingerprint density at radius 3 is 2.87 bits per heavy atom. The Morgan fingerprint density at radius 2 is 2.06 bits per heavy atom. The Balaban J connectivity index is 1.51. The molecule has 6 heteroatoms. The van der Waals surface area contributed by atoms with Gasteiger partial charge in [-0.3, -0.25) is 14.9 Å². The van der Waals surface area contributed by atoms with Crippen LogP contribution >= 0.6 is 0 Å². The molecule has 1 unspecified atom stereocenters. The summed E-state index contributed by atoms with van der Waals surface area (Å²) < 4.78 is 2.28. The minimum absolute atomic E-state index is 0.133. The number of hydrogen-bond donors (Lipinski definition) is 3. The summed E-state index contributed by atoms with van der Waals surface area (Å²) in [5, 5.41) is 19.7. The first-order valence-corrected chi connectivity index (χ1v) is 10.7. The molecule has 1 aliphatic carbocycles. The molecule has 0 saturated heterocycles. The van der Waals surface area contributed by atoms with E-state index in [9.17, 15) is 9.90 Å². The third-order valence-electron chi connectivity index (χ3n) is 6.24. The molecule has 6 nitrogen and oxygen atoms in total. The smallest absolute Gasteiger partial charge is 0.267 e. The van der Waals surface area contributed by atoms with Crippen LogP contribution in [0.1, 0.15) is 36.1 Å². The molecule has 31 heavy (non-hydrogen) atoms. The highest BCUT2D eigenvalue weighted by Gasteiger charge is 2.28. The fourth-order valence-electron chi connectivity index (χ4n) is 4.66. The highest BCUT2D eigenvalue weighted by atomic mass is 16.5. The molecule has 1 amide bonds. The second-order valence-corrected chi connectivity index (χ2v) is 8.10. The number of para-hydroxylation sites is 1. The van der Waals surface area contributed by atoms with Gasteiger partial charge in [0, 0.05) is 43.5 Å². The van der Waals surface area contributed by atoms with Crippen LogP contribution in [0.25, 0.3) is 16.5 Å². The third kappa shape index (κ3) is 4.56. The number of hydroxylamine groups is 1. The Kier molecular flexibility index (Phi) is 6.51. The molecule has 0 spiro atoms. The van der Waals surface area contributed by atoms with Gasteiger partial charge in [-0.25, -0.2) is 5.48 Å². The average molecular weight is 420 g/mol. The van der Waals surface area contributed by atoms with Crippen LogP contribution in [-0.4, -0.2) is 45.4 Å². The van der Waals surface area contributed by atoms with Crippen molar-refractivity contribution < 1.29 is 15.1 Å². The SMILES string of the molecule is CC(=CC(=O)NO)c1ccc2c(c1)CCC2N(CCO)CCn1ccc2ccccc21. The molecular weight excluding hydrogens is 390 g/mol. The lowest BCUT2D eigenvalue weighted by molar-refractivity contribution is -0.124. The molecule has 4 rings (SSSR count). The monoisotopic (exact) mass is 419 g/mol. The molecule has 0 radical (unpaired) electrons. The van der Waals surface area contributed by atoms with Crippen molar-refractivity contribution in [2.45, 2.75) is 32.4 Å². The second-order valence-electron chi connectivity index (χ2n) is 8.10. The summed E-state index contributed by atoms with van der Waals surface area (Å²) in [5.41, 5.74) is 7.25. The van der Waals surface area contributed by atoms with Crippen molar-refractivity contribution in [3.63, 3.8) is 0 Å². The largest absolute Gasteiger partial charge is 0.395 e. The van der Waals surface area contributed by atoms with Crippen LogP contribution in [0.5, 0.6) is 0 Å². The number of carbonyl (C=O) groups is 1. The van der Waals surface area contributed by atoms with Crippen LogP contribution in [-0.2, 0) is 17.8 Å². The first-order valence-electron chi connectivity index (χ1n) is 10.7. The quantitative estimate of drug-likeness (QED) is 0.297. The first-order chi connectivity index (χ1) is 15.1. The van der Waals surface area contributed by atoms with Crippen LogP contribution in [0.4, 0.5) is 0 Å². The molecule has 1 aromatic heterocycles. The van der Waals surface area contributed by atoms with Gasteiger partial charge in [0.2, 0.25) is 0 Å². The molecule has 3 aromatic rings. The molecule has 0 aliphatic heterocycles. The number of aliphatic hydroxyl groups excluding tert-OH is 1. The summed E-state index contributed by atoms with van der Waals surface area (Å²) in [6, 6.07) is 17.1. The summed E-state index contributed by atoms with van der Waals surface area (Å²) in [4.78, 5) is 13.8. The maximum absolute atomic E-state index is 11.4. The maximum atomic E-state index is 11.4. The number of aromatic nitrogens is 1. The zero-order valence-corrected chi connectivity index (χ0v) is 17.8. The molecular formula is C25H29N3O3. The number of rotatable bonds is 8. The normalized spacial score (nSPS) is 16.1. The molecule has 0 bridgehead atoms. The van der Waals surface area contributed by atoms with Crippen molar-refractivity contribution in [3.05, 3.63) is 77.5 Å². The summed E-state index contributed by atoms with van der Waals surface area (Å²) in [5.74, 6) is -0.525. The van der Waals surface area contributed by atoms with E-state index in [-0.39, 0.29) is 12.6 Å². The fourth-order valence-corrected chi connectivity index (χ4v) is 4.66. The number of fused-ring (bicyclic) bond motifs is 2. The van der Waals surface area contributed by atoms with E-state index < -0.39 is 5.91 Å². The Labute approximate surface area is 182 Å². The van der Waals surface area contributed by atoms with E-state index in [0.29, 0.717) is 6.54 Å². The molecule has 1 aliphatic rings. The number of aliphatic hydroxyl groups is 1. The lowest BCUT2D eigenvalue weighted by atomic mass is 9.99. The van der Waals surface area contributed by atoms with E-state index in [1.54, 1.807) is 5.48 Å². The number of benzene rings is 2. The lowest BCUT2D eigenvalue weighted by Crippen LogP contribution is -2.33. The van der Waals surface area contributed by atoms with E-state index >= 15 is 0 Å². The summed E-state index contributed by atoms with van der Waals surface area (Å²) in [6.45, 7) is 4.37. The highest BCUT2D eigenvalue weighted by molar-refractivity contribution is 5.94. The van der Waals surface area contributed by atoms with Gasteiger partial charge >= 0.3 is 0 Å². The Bertz CT molecular complexity index is 1100. The number of aryl methyl sites for hydroxylation is 1. The number of hydrogen-bond acceptors (Lipinski definition) is 4. The van der Waals surface area contributed by atoms with Crippen molar-refractivity contribution >= 4 is 22.4 Å². The van der Waals surface area contributed by atoms with E-state index in [0.717, 1.165) is 37.1 Å². The van der Waals surface area contributed by atoms with Gasteiger partial charge in [0.05, 0.1) is 6.61 Å². The molecule has 0 saturated carbocycles. The van der Waals surface area contributed by atoms with Gasteiger partial charge in [-0.15, -0.1) is 0 Å². The lowest BCUT2D eigenvalue weighted by Gasteiger charge is -2.29. The molecule has 2 aromatic carbocycles. The number of carbonyl (C=O) groups excluding carboxylic acids is 1. The van der Waals surface area contributed by atoms with Crippen LogP contribution < -0.4 is 5.48 Å². The van der Waals surface area contributed by atoms with E-state index in [4.69, 9.17) is 5.21 Å². The van der Waals surface area contributed by atoms with Crippen LogP contribution in [0, 0.1) is 0 Å². The number of nitrogens with one attached hydrogen (secondary N) is 1. The predicted octanol–water partition coefficient (Wildman–Crippen LogP) is 3.53. The zero-order valence-electron chi connectivity index (χ0n) is 17.8. The van der Waals surface area contributed by atoms with Gasteiger partial charge < -0.3 is 9.67 Å². The van der Waals surface area contributed by atoms with Gasteiger partial charge in [0.15, 0.2) is 0 Å². The van der Waals surface area contributed by atoms with Crippen LogP contribution in [0.15, 0.2) is 60.8 Å². The third-order valence-corrected chi connectivity index (χ3v) is 6.24. The van der Waals surface area contributed by atoms with Crippen molar-refractivity contribution in [1.29, 1.82) is 0 Å². The first kappa shape index (κ1) is 21.3. The van der Waals surface area contributed by atoms with Crippen molar-refractivity contribution in [2.75, 3.05) is 19.7 Å². The molecule has 1 heterocycles. The van der Waals surface area contributed by atoms with Gasteiger partial charge in [-0.2, -0.15) is 0 Å². The average Bonchev–Trinajstić information content (AvgIpc) is 3.40. The van der Waals surface area contributed by atoms with E-state index in [1.165, 1.54) is 28.1 Å². The summed E-state index contributed by atoms with van der Waals surface area (Å²) in [6.07, 6.45) is 5.52. The summed E-state index contributed by atoms with van der Waals surface area (Å²) >= 11 is 0. The fraction of sp³-hybridized carbons (Fsp3) is 0.320. The van der Waals surface area contributed by atoms with E-state index in [2.05, 4.69) is 58.1 Å². The number of amides is 1. The number of nitrogens with zero attached hydrogens (tertiary/aromatic N) is 2. The zero-order chi connectivity index (χ0) is 21.8. The number of allylic oxidation sites excluding steroid dienone is 1.